The summed E-state index contributed by atoms with van der Waals surface area (Å²) in [5.41, 5.74) is 0. The topological polar surface area (TPSA) is 49.4 Å². The molecule has 1 aliphatic rings. The second-order valence-electron chi connectivity index (χ2n) is 5.00. The minimum Gasteiger partial charge on any atom is -0.312 e. The Morgan fingerprint density at radius 3 is 2.74 bits per heavy atom. The van der Waals surface area contributed by atoms with Crippen molar-refractivity contribution < 1.29 is 8.42 Å². The maximum Gasteiger partial charge on any atom is 0.252 e. The van der Waals surface area contributed by atoms with Crippen LogP contribution in [0.3, 0.4) is 0 Å². The highest BCUT2D eigenvalue weighted by molar-refractivity contribution is 7.91. The Kier molecular flexibility index (Phi) is 5.00. The van der Waals surface area contributed by atoms with Gasteiger partial charge >= 0.3 is 0 Å². The normalized spacial score (nSPS) is 16.8. The average molecular weight is 302 g/mol. The van der Waals surface area contributed by atoms with Crippen molar-refractivity contribution in [3.63, 3.8) is 0 Å². The molecule has 19 heavy (non-hydrogen) atoms. The smallest absolute Gasteiger partial charge is 0.252 e. The predicted molar refractivity (Wildman–Crippen MR) is 78.9 cm³/mol. The summed E-state index contributed by atoms with van der Waals surface area (Å²) in [5, 5.41) is 3.29. The first kappa shape index (κ1) is 15.0. The lowest BCUT2D eigenvalue weighted by atomic mass is 9.94. The molecule has 4 nitrogen and oxygen atoms in total. The molecule has 0 aromatic carbocycles. The Labute approximate surface area is 119 Å². The third-order valence-electron chi connectivity index (χ3n) is 3.59. The number of nitrogens with one attached hydrogen (secondary N) is 1. The minimum atomic E-state index is -3.28. The molecule has 0 spiro atoms. The maximum absolute atomic E-state index is 12.4. The first-order chi connectivity index (χ1) is 9.05. The van der Waals surface area contributed by atoms with Gasteiger partial charge in [0.1, 0.15) is 4.21 Å². The van der Waals surface area contributed by atoms with Crippen LogP contribution in [0.15, 0.2) is 16.3 Å². The van der Waals surface area contributed by atoms with Crippen LogP contribution in [0.2, 0.25) is 0 Å². The fourth-order valence-corrected chi connectivity index (χ4v) is 5.00. The summed E-state index contributed by atoms with van der Waals surface area (Å²) in [5.74, 6) is 0. The third kappa shape index (κ3) is 3.37. The van der Waals surface area contributed by atoms with Crippen molar-refractivity contribution in [2.24, 2.45) is 0 Å². The van der Waals surface area contributed by atoms with Crippen molar-refractivity contribution in [2.75, 3.05) is 13.6 Å². The van der Waals surface area contributed by atoms with Gasteiger partial charge in [-0.25, -0.2) is 8.42 Å². The van der Waals surface area contributed by atoms with Crippen LogP contribution in [0.4, 0.5) is 0 Å². The number of thiophene rings is 1. The van der Waals surface area contributed by atoms with Crippen LogP contribution < -0.4 is 5.32 Å². The molecule has 1 aromatic rings. The van der Waals surface area contributed by atoms with Gasteiger partial charge in [0.15, 0.2) is 0 Å². The predicted octanol–water partition coefficient (Wildman–Crippen LogP) is 2.42. The molecule has 0 unspecified atom stereocenters. The molecular weight excluding hydrogens is 280 g/mol. The van der Waals surface area contributed by atoms with Gasteiger partial charge in [-0.15, -0.1) is 11.3 Å². The van der Waals surface area contributed by atoms with E-state index in [1.807, 2.05) is 6.07 Å². The van der Waals surface area contributed by atoms with Crippen molar-refractivity contribution in [3.8, 4) is 0 Å². The standard InChI is InChI=1S/C13H22N2O2S2/c1-3-9-14-10-12-7-8-13(18-12)19(16,17)15(2)11-5-4-6-11/h7-8,11,14H,3-6,9-10H2,1-2H3. The van der Waals surface area contributed by atoms with Crippen LogP contribution in [0.5, 0.6) is 0 Å². The van der Waals surface area contributed by atoms with Crippen LogP contribution in [0, 0.1) is 0 Å². The van der Waals surface area contributed by atoms with E-state index in [4.69, 9.17) is 0 Å². The molecule has 1 fully saturated rings. The van der Waals surface area contributed by atoms with Gasteiger partial charge in [0, 0.05) is 24.5 Å². The first-order valence-electron chi connectivity index (χ1n) is 6.83. The molecule has 1 aliphatic carbocycles. The summed E-state index contributed by atoms with van der Waals surface area (Å²) in [6.07, 6.45) is 4.21. The molecule has 0 bridgehead atoms. The fourth-order valence-electron chi connectivity index (χ4n) is 2.07. The molecule has 0 radical (unpaired) electrons. The molecule has 1 saturated carbocycles. The molecule has 6 heteroatoms. The van der Waals surface area contributed by atoms with E-state index >= 15 is 0 Å². The van der Waals surface area contributed by atoms with Crippen molar-refractivity contribution >= 4 is 21.4 Å². The lowest BCUT2D eigenvalue weighted by Gasteiger charge is -2.33. The monoisotopic (exact) mass is 302 g/mol. The highest BCUT2D eigenvalue weighted by Gasteiger charge is 2.32. The van der Waals surface area contributed by atoms with E-state index in [1.165, 1.54) is 11.3 Å². The van der Waals surface area contributed by atoms with Crippen molar-refractivity contribution in [3.05, 3.63) is 17.0 Å². The zero-order valence-corrected chi connectivity index (χ0v) is 13.2. The Morgan fingerprint density at radius 1 is 1.42 bits per heavy atom. The summed E-state index contributed by atoms with van der Waals surface area (Å²) < 4.78 is 26.9. The molecule has 1 heterocycles. The summed E-state index contributed by atoms with van der Waals surface area (Å²) in [7, 11) is -1.58. The SMILES string of the molecule is CCCNCc1ccc(S(=O)(=O)N(C)C2CCC2)s1. The van der Waals surface area contributed by atoms with Crippen LogP contribution in [0.25, 0.3) is 0 Å². The number of nitrogens with zero attached hydrogens (tertiary/aromatic N) is 1. The third-order valence-corrected chi connectivity index (χ3v) is 7.05. The molecular formula is C13H22N2O2S2. The molecule has 0 aliphatic heterocycles. The number of hydrogen-bond donors (Lipinski definition) is 1. The molecule has 108 valence electrons. The van der Waals surface area contributed by atoms with Gasteiger partial charge in [-0.2, -0.15) is 4.31 Å². The van der Waals surface area contributed by atoms with E-state index in [1.54, 1.807) is 17.4 Å². The van der Waals surface area contributed by atoms with Gasteiger partial charge in [0.2, 0.25) is 0 Å². The second-order valence-corrected chi connectivity index (χ2v) is 8.40. The highest BCUT2D eigenvalue weighted by Crippen LogP contribution is 2.31. The van der Waals surface area contributed by atoms with Crippen molar-refractivity contribution in [1.29, 1.82) is 0 Å². The van der Waals surface area contributed by atoms with E-state index < -0.39 is 10.0 Å². The Morgan fingerprint density at radius 2 is 2.16 bits per heavy atom. The summed E-state index contributed by atoms with van der Waals surface area (Å²) >= 11 is 1.38. The van der Waals surface area contributed by atoms with Crippen LogP contribution in [-0.2, 0) is 16.6 Å². The fraction of sp³-hybridized carbons (Fsp3) is 0.692. The highest BCUT2D eigenvalue weighted by atomic mass is 32.2. The Balaban J connectivity index is 2.03. The van der Waals surface area contributed by atoms with E-state index in [0.29, 0.717) is 4.21 Å². The lowest BCUT2D eigenvalue weighted by Crippen LogP contribution is -2.40. The van der Waals surface area contributed by atoms with Crippen LogP contribution >= 0.6 is 11.3 Å². The van der Waals surface area contributed by atoms with Crippen LogP contribution in [0.1, 0.15) is 37.5 Å². The van der Waals surface area contributed by atoms with E-state index in [9.17, 15) is 8.42 Å². The van der Waals surface area contributed by atoms with Gasteiger partial charge in [-0.3, -0.25) is 0 Å². The number of sulfonamides is 1. The molecule has 1 aromatic heterocycles. The second kappa shape index (κ2) is 6.35. The zero-order chi connectivity index (χ0) is 13.9. The average Bonchev–Trinajstić information content (AvgIpc) is 2.76. The van der Waals surface area contributed by atoms with Crippen molar-refractivity contribution in [2.45, 2.75) is 49.4 Å². The number of hydrogen-bond acceptors (Lipinski definition) is 4. The molecule has 0 atom stereocenters. The largest absolute Gasteiger partial charge is 0.312 e. The van der Waals surface area contributed by atoms with E-state index in [0.717, 1.165) is 43.6 Å². The van der Waals surface area contributed by atoms with E-state index in [-0.39, 0.29) is 6.04 Å². The zero-order valence-electron chi connectivity index (χ0n) is 11.6. The molecule has 0 amide bonds. The Hall–Kier alpha value is -0.430. The van der Waals surface area contributed by atoms with Crippen molar-refractivity contribution in [1.82, 2.24) is 9.62 Å². The van der Waals surface area contributed by atoms with E-state index in [2.05, 4.69) is 12.2 Å². The number of rotatable bonds is 7. The molecule has 1 N–H and O–H groups in total. The van der Waals surface area contributed by atoms with Gasteiger partial charge in [-0.05, 0) is 37.9 Å². The lowest BCUT2D eigenvalue weighted by molar-refractivity contribution is 0.250. The quantitative estimate of drug-likeness (QED) is 0.787. The first-order valence-corrected chi connectivity index (χ1v) is 9.09. The molecule has 0 saturated heterocycles. The summed E-state index contributed by atoms with van der Waals surface area (Å²) in [6, 6.07) is 3.85. The van der Waals surface area contributed by atoms with Gasteiger partial charge in [-0.1, -0.05) is 13.3 Å². The minimum absolute atomic E-state index is 0.203. The maximum atomic E-state index is 12.4. The summed E-state index contributed by atoms with van der Waals surface area (Å²) in [6.45, 7) is 3.83. The summed E-state index contributed by atoms with van der Waals surface area (Å²) in [4.78, 5) is 1.08. The molecule has 2 rings (SSSR count). The van der Waals surface area contributed by atoms with Crippen LogP contribution in [-0.4, -0.2) is 32.4 Å². The van der Waals surface area contributed by atoms with Gasteiger partial charge < -0.3 is 5.32 Å². The van der Waals surface area contributed by atoms with Gasteiger partial charge in [0.05, 0.1) is 0 Å². The van der Waals surface area contributed by atoms with Gasteiger partial charge in [0.25, 0.3) is 10.0 Å². The Bertz CT molecular complexity index is 506.